The molecule has 0 aliphatic carbocycles. The Balaban J connectivity index is 2.37. The molecule has 1 heterocycles. The van der Waals surface area contributed by atoms with Gasteiger partial charge in [0.25, 0.3) is 0 Å². The first kappa shape index (κ1) is 15.0. The van der Waals surface area contributed by atoms with Crippen LogP contribution in [0.2, 0.25) is 5.02 Å². The zero-order valence-electron chi connectivity index (χ0n) is 11.8. The monoisotopic (exact) mass is 295 g/mol. The van der Waals surface area contributed by atoms with Crippen LogP contribution in [0.4, 0.5) is 4.39 Å². The normalized spacial score (nSPS) is 11.1. The van der Waals surface area contributed by atoms with Gasteiger partial charge in [-0.3, -0.25) is 4.68 Å². The molecule has 1 aromatic heterocycles. The summed E-state index contributed by atoms with van der Waals surface area (Å²) in [6, 6.07) is 4.85. The Hall–Kier alpha value is -1.39. The van der Waals surface area contributed by atoms with Crippen LogP contribution in [0.5, 0.6) is 0 Å². The van der Waals surface area contributed by atoms with Gasteiger partial charge in [-0.05, 0) is 30.5 Å². The van der Waals surface area contributed by atoms with Crippen molar-refractivity contribution in [3.8, 4) is 0 Å². The molecular formula is C15H19ClFN3. The van der Waals surface area contributed by atoms with Crippen LogP contribution in [0, 0.1) is 5.82 Å². The summed E-state index contributed by atoms with van der Waals surface area (Å²) < 4.78 is 15.4. The Labute approximate surface area is 123 Å². The van der Waals surface area contributed by atoms with E-state index in [9.17, 15) is 4.39 Å². The fourth-order valence-corrected chi connectivity index (χ4v) is 2.56. The minimum Gasteiger partial charge on any atom is -0.326 e. The average molecular weight is 296 g/mol. The third kappa shape index (κ3) is 2.86. The number of rotatable bonds is 5. The lowest BCUT2D eigenvalue weighted by atomic mass is 10.1. The Morgan fingerprint density at radius 1 is 1.30 bits per heavy atom. The molecule has 0 aliphatic rings. The van der Waals surface area contributed by atoms with Crippen LogP contribution in [0.25, 0.3) is 0 Å². The minimum absolute atomic E-state index is 0.141. The summed E-state index contributed by atoms with van der Waals surface area (Å²) in [5.74, 6) is -0.399. The maximum absolute atomic E-state index is 13.5. The van der Waals surface area contributed by atoms with E-state index in [-0.39, 0.29) is 5.02 Å². The molecule has 0 radical (unpaired) electrons. The number of aromatic nitrogens is 2. The molecular weight excluding hydrogens is 277 g/mol. The highest BCUT2D eigenvalue weighted by Crippen LogP contribution is 2.19. The molecule has 0 saturated heterocycles. The van der Waals surface area contributed by atoms with Crippen molar-refractivity contribution >= 4 is 11.6 Å². The Kier molecular flexibility index (Phi) is 4.78. The molecule has 0 spiro atoms. The van der Waals surface area contributed by atoms with Crippen molar-refractivity contribution in [3.05, 3.63) is 51.6 Å². The summed E-state index contributed by atoms with van der Waals surface area (Å²) in [5, 5.41) is 4.74. The van der Waals surface area contributed by atoms with Gasteiger partial charge in [0.15, 0.2) is 0 Å². The van der Waals surface area contributed by atoms with E-state index in [1.165, 1.54) is 6.07 Å². The van der Waals surface area contributed by atoms with Crippen molar-refractivity contribution in [2.75, 3.05) is 0 Å². The predicted molar refractivity (Wildman–Crippen MR) is 79.4 cm³/mol. The minimum atomic E-state index is -0.399. The quantitative estimate of drug-likeness (QED) is 0.920. The van der Waals surface area contributed by atoms with Crippen molar-refractivity contribution in [1.29, 1.82) is 0 Å². The van der Waals surface area contributed by atoms with E-state index in [4.69, 9.17) is 17.3 Å². The van der Waals surface area contributed by atoms with Crippen molar-refractivity contribution in [3.63, 3.8) is 0 Å². The fraction of sp³-hybridized carbons (Fsp3) is 0.400. The molecule has 5 heteroatoms. The van der Waals surface area contributed by atoms with Gasteiger partial charge < -0.3 is 5.73 Å². The molecule has 0 fully saturated rings. The number of hydrogen-bond donors (Lipinski definition) is 1. The van der Waals surface area contributed by atoms with E-state index in [2.05, 4.69) is 18.9 Å². The zero-order chi connectivity index (χ0) is 14.7. The lowest BCUT2D eigenvalue weighted by Gasteiger charge is -2.08. The molecule has 0 atom stereocenters. The van der Waals surface area contributed by atoms with Crippen LogP contribution in [-0.2, 0) is 25.9 Å². The van der Waals surface area contributed by atoms with E-state index in [0.29, 0.717) is 13.1 Å². The number of hydrogen-bond acceptors (Lipinski definition) is 2. The third-order valence-electron chi connectivity index (χ3n) is 3.44. The number of halogens is 2. The van der Waals surface area contributed by atoms with Gasteiger partial charge in [0, 0.05) is 17.8 Å². The van der Waals surface area contributed by atoms with Crippen LogP contribution < -0.4 is 5.73 Å². The smallest absolute Gasteiger partial charge is 0.142 e. The molecule has 20 heavy (non-hydrogen) atoms. The van der Waals surface area contributed by atoms with E-state index in [1.807, 2.05) is 10.7 Å². The second-order valence-corrected chi connectivity index (χ2v) is 5.10. The first-order chi connectivity index (χ1) is 9.60. The van der Waals surface area contributed by atoms with Gasteiger partial charge in [0.2, 0.25) is 0 Å². The van der Waals surface area contributed by atoms with Gasteiger partial charge in [0.1, 0.15) is 5.82 Å². The largest absolute Gasteiger partial charge is 0.326 e. The summed E-state index contributed by atoms with van der Waals surface area (Å²) in [6.45, 7) is 5.16. The molecule has 0 aliphatic heterocycles. The second-order valence-electron chi connectivity index (χ2n) is 4.69. The molecule has 0 unspecified atom stereocenters. The second kappa shape index (κ2) is 6.37. The van der Waals surface area contributed by atoms with Crippen molar-refractivity contribution in [2.24, 2.45) is 5.73 Å². The molecule has 1 aromatic carbocycles. The Bertz CT molecular complexity index is 607. The van der Waals surface area contributed by atoms with Crippen molar-refractivity contribution < 1.29 is 4.39 Å². The van der Waals surface area contributed by atoms with Crippen LogP contribution >= 0.6 is 11.6 Å². The first-order valence-corrected chi connectivity index (χ1v) is 7.19. The fourth-order valence-electron chi connectivity index (χ4n) is 2.45. The summed E-state index contributed by atoms with van der Waals surface area (Å²) in [6.07, 6.45) is 1.71. The van der Waals surface area contributed by atoms with E-state index < -0.39 is 5.82 Å². The average Bonchev–Trinajstić information content (AvgIpc) is 2.79. The van der Waals surface area contributed by atoms with E-state index >= 15 is 0 Å². The molecule has 2 N–H and O–H groups in total. The molecule has 108 valence electrons. The number of nitrogens with zero attached hydrogens (tertiary/aromatic N) is 2. The summed E-state index contributed by atoms with van der Waals surface area (Å²) in [5.41, 5.74) is 9.93. The van der Waals surface area contributed by atoms with Crippen LogP contribution in [0.1, 0.15) is 36.4 Å². The van der Waals surface area contributed by atoms with Gasteiger partial charge in [-0.15, -0.1) is 0 Å². The summed E-state index contributed by atoms with van der Waals surface area (Å²) in [4.78, 5) is 0. The molecule has 0 bridgehead atoms. The SMILES string of the molecule is CCc1nn(Cc2ccc(Cl)c(F)c2)c(CC)c1CN. The lowest BCUT2D eigenvalue weighted by molar-refractivity contribution is 0.611. The molecule has 0 saturated carbocycles. The molecule has 3 nitrogen and oxygen atoms in total. The first-order valence-electron chi connectivity index (χ1n) is 6.82. The van der Waals surface area contributed by atoms with Gasteiger partial charge >= 0.3 is 0 Å². The number of nitrogens with two attached hydrogens (primary N) is 1. The Morgan fingerprint density at radius 3 is 2.60 bits per heavy atom. The summed E-state index contributed by atoms with van der Waals surface area (Å²) >= 11 is 5.70. The maximum Gasteiger partial charge on any atom is 0.142 e. The van der Waals surface area contributed by atoms with Crippen LogP contribution in [0.15, 0.2) is 18.2 Å². The lowest BCUT2D eigenvalue weighted by Crippen LogP contribution is -2.08. The van der Waals surface area contributed by atoms with Gasteiger partial charge in [0.05, 0.1) is 17.3 Å². The highest BCUT2D eigenvalue weighted by Gasteiger charge is 2.14. The Morgan fingerprint density at radius 2 is 2.05 bits per heavy atom. The highest BCUT2D eigenvalue weighted by atomic mass is 35.5. The van der Waals surface area contributed by atoms with Gasteiger partial charge in [-0.1, -0.05) is 31.5 Å². The number of benzene rings is 1. The maximum atomic E-state index is 13.5. The number of aryl methyl sites for hydroxylation is 1. The van der Waals surface area contributed by atoms with E-state index in [1.54, 1.807) is 6.07 Å². The molecule has 2 aromatic rings. The predicted octanol–water partition coefficient (Wildman–Crippen LogP) is 3.31. The van der Waals surface area contributed by atoms with E-state index in [0.717, 1.165) is 35.4 Å². The van der Waals surface area contributed by atoms with Gasteiger partial charge in [-0.25, -0.2) is 4.39 Å². The van der Waals surface area contributed by atoms with Crippen LogP contribution in [0.3, 0.4) is 0 Å². The third-order valence-corrected chi connectivity index (χ3v) is 3.75. The van der Waals surface area contributed by atoms with Crippen molar-refractivity contribution in [2.45, 2.75) is 39.8 Å². The van der Waals surface area contributed by atoms with Crippen molar-refractivity contribution in [1.82, 2.24) is 9.78 Å². The van der Waals surface area contributed by atoms with Gasteiger partial charge in [-0.2, -0.15) is 5.10 Å². The standard InChI is InChI=1S/C15H19ClFN3/c1-3-14-11(8-18)15(4-2)20(19-14)9-10-5-6-12(16)13(17)7-10/h5-7H,3-4,8-9,18H2,1-2H3. The zero-order valence-corrected chi connectivity index (χ0v) is 12.5. The molecule has 2 rings (SSSR count). The topological polar surface area (TPSA) is 43.8 Å². The molecule has 0 amide bonds. The summed E-state index contributed by atoms with van der Waals surface area (Å²) in [7, 11) is 0. The highest BCUT2D eigenvalue weighted by molar-refractivity contribution is 6.30. The van der Waals surface area contributed by atoms with Crippen LogP contribution in [-0.4, -0.2) is 9.78 Å².